The van der Waals surface area contributed by atoms with Gasteiger partial charge in [-0.2, -0.15) is 0 Å². The van der Waals surface area contributed by atoms with Crippen molar-refractivity contribution in [2.75, 3.05) is 6.54 Å². The first kappa shape index (κ1) is 14.4. The molecular weight excluding hydrogens is 258 g/mol. The molecule has 0 amide bonds. The van der Waals surface area contributed by atoms with Gasteiger partial charge < -0.3 is 21.4 Å². The summed E-state index contributed by atoms with van der Waals surface area (Å²) < 4.78 is 1.11. The van der Waals surface area contributed by atoms with Crippen molar-refractivity contribution in [3.05, 3.63) is 40.2 Å². The van der Waals surface area contributed by atoms with E-state index in [1.807, 2.05) is 0 Å². The van der Waals surface area contributed by atoms with Crippen molar-refractivity contribution in [1.29, 1.82) is 0 Å². The molecule has 7 heteroatoms. The number of rotatable bonds is 6. The molecule has 0 aliphatic heterocycles. The maximum Gasteiger partial charge on any atom is 0.318 e. The van der Waals surface area contributed by atoms with Crippen LogP contribution in [0.4, 0.5) is 0 Å². The van der Waals surface area contributed by atoms with Gasteiger partial charge in [-0.15, -0.1) is 0 Å². The van der Waals surface area contributed by atoms with E-state index in [0.29, 0.717) is 22.2 Å². The maximum absolute atomic E-state index is 12.2. The molecule has 2 aromatic rings. The number of para-hydroxylation sites is 2. The molecule has 4 N–H and O–H groups in total. The average Bonchev–Trinajstić information content (AvgIpc) is 2.47. The third-order valence-corrected chi connectivity index (χ3v) is 3.26. The Morgan fingerprint density at radius 3 is 2.80 bits per heavy atom. The molecule has 0 spiro atoms. The number of hydrogen-bond acceptors (Lipinski definition) is 5. The Hall–Kier alpha value is -1.99. The van der Waals surface area contributed by atoms with E-state index < -0.39 is 6.04 Å². The van der Waals surface area contributed by atoms with Crippen LogP contribution in [0.2, 0.25) is 0 Å². The summed E-state index contributed by atoms with van der Waals surface area (Å²) in [6.07, 6.45) is 3.34. The highest BCUT2D eigenvalue weighted by atomic mass is 16.5. The van der Waals surface area contributed by atoms with Crippen molar-refractivity contribution >= 4 is 11.0 Å². The third-order valence-electron chi connectivity index (χ3n) is 3.26. The summed E-state index contributed by atoms with van der Waals surface area (Å²) in [7, 11) is 0. The molecule has 1 atom stereocenters. The van der Waals surface area contributed by atoms with Crippen molar-refractivity contribution in [3.63, 3.8) is 0 Å². The Bertz CT molecular complexity index is 640. The SMILES string of the molecule is NCCCCCC(N)c1n[n+](=O)c2ccccc2n1[O-]. The molecule has 0 aliphatic rings. The number of benzene rings is 1. The molecule has 1 unspecified atom stereocenters. The molecule has 1 aromatic heterocycles. The molecule has 2 rings (SSSR count). The minimum atomic E-state index is -0.546. The van der Waals surface area contributed by atoms with E-state index in [4.69, 9.17) is 11.5 Å². The van der Waals surface area contributed by atoms with E-state index in [9.17, 15) is 10.1 Å². The van der Waals surface area contributed by atoms with Crippen molar-refractivity contribution < 1.29 is 4.54 Å². The molecule has 0 radical (unpaired) electrons. The van der Waals surface area contributed by atoms with E-state index in [1.54, 1.807) is 24.3 Å². The number of aromatic nitrogens is 3. The molecule has 0 saturated heterocycles. The van der Waals surface area contributed by atoms with Gasteiger partial charge in [-0.1, -0.05) is 25.0 Å². The first-order valence-electron chi connectivity index (χ1n) is 6.73. The summed E-state index contributed by atoms with van der Waals surface area (Å²) in [6, 6.07) is 5.98. The number of unbranched alkanes of at least 4 members (excludes halogenated alkanes) is 2. The molecule has 108 valence electrons. The van der Waals surface area contributed by atoms with Gasteiger partial charge in [0.25, 0.3) is 0 Å². The van der Waals surface area contributed by atoms with Crippen LogP contribution in [-0.4, -0.2) is 16.4 Å². The topological polar surface area (TPSA) is 116 Å². The zero-order chi connectivity index (χ0) is 14.5. The van der Waals surface area contributed by atoms with Crippen LogP contribution in [0.3, 0.4) is 0 Å². The summed E-state index contributed by atoms with van der Waals surface area (Å²) in [5.74, 6) is 0.0615. The summed E-state index contributed by atoms with van der Waals surface area (Å²) >= 11 is 0. The highest BCUT2D eigenvalue weighted by Gasteiger charge is 2.18. The maximum atomic E-state index is 12.2. The van der Waals surface area contributed by atoms with Crippen molar-refractivity contribution in [2.45, 2.75) is 31.7 Å². The molecule has 0 bridgehead atoms. The largest absolute Gasteiger partial charge is 0.804 e. The molecular formula is C13H19N5O2. The number of nitrogens with two attached hydrogens (primary N) is 2. The smallest absolute Gasteiger partial charge is 0.318 e. The van der Waals surface area contributed by atoms with Crippen LogP contribution in [-0.2, 0) is 0 Å². The van der Waals surface area contributed by atoms with Crippen LogP contribution >= 0.6 is 0 Å². The molecule has 0 fully saturated rings. The van der Waals surface area contributed by atoms with E-state index >= 15 is 0 Å². The molecule has 0 saturated carbocycles. The Kier molecular flexibility index (Phi) is 4.65. The van der Waals surface area contributed by atoms with Crippen molar-refractivity contribution in [3.8, 4) is 0 Å². The molecule has 1 aromatic carbocycles. The van der Waals surface area contributed by atoms with Crippen molar-refractivity contribution in [1.82, 2.24) is 9.83 Å². The summed E-state index contributed by atoms with van der Waals surface area (Å²) in [5.41, 5.74) is 11.9. The van der Waals surface area contributed by atoms with Crippen LogP contribution in [0.5, 0.6) is 0 Å². The molecule has 7 nitrogen and oxygen atoms in total. The van der Waals surface area contributed by atoms with Crippen LogP contribution in [0.25, 0.3) is 11.0 Å². The highest BCUT2D eigenvalue weighted by Crippen LogP contribution is 2.17. The Morgan fingerprint density at radius 2 is 2.05 bits per heavy atom. The summed E-state index contributed by atoms with van der Waals surface area (Å²) in [5, 5.41) is 16.0. The quantitative estimate of drug-likeness (QED) is 0.599. The normalized spacial score (nSPS) is 12.7. The third kappa shape index (κ3) is 2.94. The van der Waals surface area contributed by atoms with Crippen LogP contribution in [0.1, 0.15) is 37.5 Å². The fourth-order valence-electron chi connectivity index (χ4n) is 2.15. The number of nitrogens with zero attached hydrogens (tertiary/aromatic N) is 3. The standard InChI is InChI=1S/C13H19N5O2/c14-9-5-1-2-6-10(15)13-16-18(20)12-8-4-3-7-11(12)17(13)19/h3-4,7-8,10H,1-2,5-6,9,14-15H2. The Labute approximate surface area is 116 Å². The first-order valence-corrected chi connectivity index (χ1v) is 6.73. The van der Waals surface area contributed by atoms with Gasteiger partial charge in [0.1, 0.15) is 5.52 Å². The molecule has 1 heterocycles. The van der Waals surface area contributed by atoms with E-state index in [-0.39, 0.29) is 16.9 Å². The van der Waals surface area contributed by atoms with E-state index in [1.165, 1.54) is 0 Å². The fraction of sp³-hybridized carbons (Fsp3) is 0.462. The van der Waals surface area contributed by atoms with Gasteiger partial charge >= 0.3 is 5.52 Å². The fourth-order valence-corrected chi connectivity index (χ4v) is 2.15. The highest BCUT2D eigenvalue weighted by molar-refractivity contribution is 5.71. The lowest BCUT2D eigenvalue weighted by Gasteiger charge is -2.19. The predicted octanol–water partition coefficient (Wildman–Crippen LogP) is 0.816. The lowest BCUT2D eigenvalue weighted by atomic mass is 10.1. The van der Waals surface area contributed by atoms with Gasteiger partial charge in [-0.25, -0.2) is 0 Å². The minimum Gasteiger partial charge on any atom is -0.804 e. The number of fused-ring (bicyclic) bond motifs is 1. The van der Waals surface area contributed by atoms with E-state index in [2.05, 4.69) is 5.10 Å². The predicted molar refractivity (Wildman–Crippen MR) is 76.3 cm³/mol. The van der Waals surface area contributed by atoms with Crippen molar-refractivity contribution in [2.24, 2.45) is 11.5 Å². The van der Waals surface area contributed by atoms with Gasteiger partial charge in [0.15, 0.2) is 10.4 Å². The lowest BCUT2D eigenvalue weighted by Crippen LogP contribution is -2.30. The summed E-state index contributed by atoms with van der Waals surface area (Å²) in [6.45, 7) is 0.644. The van der Waals surface area contributed by atoms with E-state index in [0.717, 1.165) is 19.3 Å². The van der Waals surface area contributed by atoms with Crippen LogP contribution < -0.4 is 16.0 Å². The lowest BCUT2D eigenvalue weighted by molar-refractivity contribution is -0.538. The second kappa shape index (κ2) is 6.44. The van der Waals surface area contributed by atoms with Gasteiger partial charge in [0.2, 0.25) is 0 Å². The summed E-state index contributed by atoms with van der Waals surface area (Å²) in [4.78, 5) is 11.8. The molecule has 0 aliphatic carbocycles. The zero-order valence-corrected chi connectivity index (χ0v) is 11.2. The molecule has 20 heavy (non-hydrogen) atoms. The monoisotopic (exact) mass is 277 g/mol. The first-order chi connectivity index (χ1) is 9.65. The Balaban J connectivity index is 2.26. The van der Waals surface area contributed by atoms with Crippen LogP contribution in [0.15, 0.2) is 24.3 Å². The van der Waals surface area contributed by atoms with Gasteiger partial charge in [0.05, 0.1) is 16.0 Å². The van der Waals surface area contributed by atoms with Gasteiger partial charge in [-0.05, 0) is 25.5 Å². The second-order valence-corrected chi connectivity index (χ2v) is 4.76. The zero-order valence-electron chi connectivity index (χ0n) is 11.2. The number of hydrogen-bond donors (Lipinski definition) is 2. The second-order valence-electron chi connectivity index (χ2n) is 4.76. The minimum absolute atomic E-state index is 0.0615. The van der Waals surface area contributed by atoms with Gasteiger partial charge in [-0.3, -0.25) is 0 Å². The average molecular weight is 277 g/mol. The van der Waals surface area contributed by atoms with Crippen LogP contribution in [0, 0.1) is 10.1 Å². The Morgan fingerprint density at radius 1 is 1.30 bits per heavy atom. The van der Waals surface area contributed by atoms with Gasteiger partial charge in [0, 0.05) is 6.07 Å².